The summed E-state index contributed by atoms with van der Waals surface area (Å²) in [5.74, 6) is 0. The minimum atomic E-state index is -0.477. The summed E-state index contributed by atoms with van der Waals surface area (Å²) in [4.78, 5) is 0. The van der Waals surface area contributed by atoms with Crippen molar-refractivity contribution in [2.24, 2.45) is 5.73 Å². The van der Waals surface area contributed by atoms with Crippen molar-refractivity contribution >= 4 is 0 Å². The van der Waals surface area contributed by atoms with E-state index in [1.165, 1.54) is 0 Å². The van der Waals surface area contributed by atoms with Crippen LogP contribution in [0.15, 0.2) is 0 Å². The van der Waals surface area contributed by atoms with E-state index in [1.807, 2.05) is 0 Å². The molecule has 0 amide bonds. The molecule has 2 atom stereocenters. The first-order chi connectivity index (χ1) is 3.68. The Morgan fingerprint density at radius 1 is 1.75 bits per heavy atom. The van der Waals surface area contributed by atoms with E-state index in [-0.39, 0.29) is 6.04 Å². The second-order valence-corrected chi connectivity index (χ2v) is 1.86. The lowest BCUT2D eigenvalue weighted by molar-refractivity contribution is 0.0984. The van der Waals surface area contributed by atoms with Gasteiger partial charge in [0.05, 0.1) is 18.8 Å². The molecule has 0 unspecified atom stereocenters. The SMILES string of the molecule is COC[C@@H](N)[C@H](C)O. The molecule has 0 radical (unpaired) electrons. The summed E-state index contributed by atoms with van der Waals surface area (Å²) in [5, 5.41) is 8.75. The van der Waals surface area contributed by atoms with Crippen molar-refractivity contribution < 1.29 is 9.84 Å². The third kappa shape index (κ3) is 2.96. The summed E-state index contributed by atoms with van der Waals surface area (Å²) >= 11 is 0. The van der Waals surface area contributed by atoms with E-state index in [0.717, 1.165) is 0 Å². The quantitative estimate of drug-likeness (QED) is 0.518. The number of methoxy groups -OCH3 is 1. The predicted octanol–water partition coefficient (Wildman–Crippen LogP) is -0.659. The van der Waals surface area contributed by atoms with Gasteiger partial charge in [-0.15, -0.1) is 0 Å². The molecule has 0 aliphatic heterocycles. The van der Waals surface area contributed by atoms with Gasteiger partial charge in [0.25, 0.3) is 0 Å². The summed E-state index contributed by atoms with van der Waals surface area (Å²) in [6.07, 6.45) is -0.477. The maximum absolute atomic E-state index is 8.75. The van der Waals surface area contributed by atoms with Crippen molar-refractivity contribution in [2.45, 2.75) is 19.1 Å². The zero-order valence-electron chi connectivity index (χ0n) is 5.29. The van der Waals surface area contributed by atoms with E-state index in [0.29, 0.717) is 6.61 Å². The summed E-state index contributed by atoms with van der Waals surface area (Å²) in [7, 11) is 1.56. The lowest BCUT2D eigenvalue weighted by Crippen LogP contribution is -2.36. The van der Waals surface area contributed by atoms with Crippen molar-refractivity contribution in [2.75, 3.05) is 13.7 Å². The van der Waals surface area contributed by atoms with Crippen LogP contribution in [0.2, 0.25) is 0 Å². The van der Waals surface area contributed by atoms with Gasteiger partial charge in [-0.2, -0.15) is 0 Å². The molecule has 8 heavy (non-hydrogen) atoms. The molecule has 0 spiro atoms. The molecule has 0 aliphatic rings. The number of hydrogen-bond acceptors (Lipinski definition) is 3. The van der Waals surface area contributed by atoms with Gasteiger partial charge in [-0.1, -0.05) is 0 Å². The van der Waals surface area contributed by atoms with Crippen molar-refractivity contribution in [3.8, 4) is 0 Å². The van der Waals surface area contributed by atoms with Gasteiger partial charge >= 0.3 is 0 Å². The monoisotopic (exact) mass is 119 g/mol. The minimum absolute atomic E-state index is 0.250. The van der Waals surface area contributed by atoms with Crippen LogP contribution in [0, 0.1) is 0 Å². The third-order valence-electron chi connectivity index (χ3n) is 0.979. The Bertz CT molecular complexity index is 56.4. The Kier molecular flexibility index (Phi) is 3.77. The van der Waals surface area contributed by atoms with Crippen molar-refractivity contribution in [1.82, 2.24) is 0 Å². The molecule has 0 saturated heterocycles. The topological polar surface area (TPSA) is 55.5 Å². The molecule has 0 rings (SSSR count). The highest BCUT2D eigenvalue weighted by molar-refractivity contribution is 4.64. The fourth-order valence-corrected chi connectivity index (χ4v) is 0.332. The smallest absolute Gasteiger partial charge is 0.0685 e. The van der Waals surface area contributed by atoms with Crippen LogP contribution in [0.3, 0.4) is 0 Å². The largest absolute Gasteiger partial charge is 0.392 e. The van der Waals surface area contributed by atoms with Gasteiger partial charge in [-0.05, 0) is 6.92 Å². The number of rotatable bonds is 3. The standard InChI is InChI=1S/C5H13NO2/c1-4(7)5(6)3-8-2/h4-5,7H,3,6H2,1-2H3/t4-,5+/m0/s1. The van der Waals surface area contributed by atoms with Crippen LogP contribution in [0.4, 0.5) is 0 Å². The van der Waals surface area contributed by atoms with Crippen LogP contribution < -0.4 is 5.73 Å². The van der Waals surface area contributed by atoms with Crippen molar-refractivity contribution in [3.05, 3.63) is 0 Å². The fraction of sp³-hybridized carbons (Fsp3) is 1.00. The summed E-state index contributed by atoms with van der Waals surface area (Å²) in [6.45, 7) is 2.06. The number of aliphatic hydroxyl groups excluding tert-OH is 1. The fourth-order valence-electron chi connectivity index (χ4n) is 0.332. The molecule has 0 aromatic rings. The van der Waals surface area contributed by atoms with Gasteiger partial charge in [0.1, 0.15) is 0 Å². The van der Waals surface area contributed by atoms with Gasteiger partial charge in [-0.25, -0.2) is 0 Å². The number of nitrogens with two attached hydrogens (primary N) is 1. The molecule has 3 heteroatoms. The van der Waals surface area contributed by atoms with Crippen LogP contribution in [0.25, 0.3) is 0 Å². The van der Waals surface area contributed by atoms with Gasteiger partial charge in [0.15, 0.2) is 0 Å². The Hall–Kier alpha value is -0.120. The van der Waals surface area contributed by atoms with Crippen LogP contribution >= 0.6 is 0 Å². The van der Waals surface area contributed by atoms with Crippen LogP contribution in [-0.4, -0.2) is 31.0 Å². The highest BCUT2D eigenvalue weighted by Crippen LogP contribution is 1.86. The van der Waals surface area contributed by atoms with E-state index in [1.54, 1.807) is 14.0 Å². The molecular formula is C5H13NO2. The first kappa shape index (κ1) is 7.88. The molecule has 0 aliphatic carbocycles. The minimum Gasteiger partial charge on any atom is -0.392 e. The third-order valence-corrected chi connectivity index (χ3v) is 0.979. The second kappa shape index (κ2) is 3.83. The molecule has 50 valence electrons. The van der Waals surface area contributed by atoms with Gasteiger partial charge in [-0.3, -0.25) is 0 Å². The Morgan fingerprint density at radius 2 is 2.25 bits per heavy atom. The first-order valence-electron chi connectivity index (χ1n) is 2.61. The van der Waals surface area contributed by atoms with Gasteiger partial charge in [0, 0.05) is 7.11 Å². The average molecular weight is 119 g/mol. The highest BCUT2D eigenvalue weighted by atomic mass is 16.5. The predicted molar refractivity (Wildman–Crippen MR) is 31.5 cm³/mol. The molecule has 3 N–H and O–H groups in total. The Labute approximate surface area is 49.4 Å². The zero-order chi connectivity index (χ0) is 6.57. The number of hydrogen-bond donors (Lipinski definition) is 2. The van der Waals surface area contributed by atoms with Gasteiger partial charge in [0.2, 0.25) is 0 Å². The highest BCUT2D eigenvalue weighted by Gasteiger charge is 2.06. The lowest BCUT2D eigenvalue weighted by atomic mass is 10.2. The lowest BCUT2D eigenvalue weighted by Gasteiger charge is -2.11. The van der Waals surface area contributed by atoms with Crippen molar-refractivity contribution in [1.29, 1.82) is 0 Å². The maximum Gasteiger partial charge on any atom is 0.0685 e. The molecular weight excluding hydrogens is 106 g/mol. The Balaban J connectivity index is 3.17. The first-order valence-corrected chi connectivity index (χ1v) is 2.61. The molecule has 3 nitrogen and oxygen atoms in total. The normalized spacial score (nSPS) is 18.0. The maximum atomic E-state index is 8.75. The number of ether oxygens (including phenoxy) is 1. The van der Waals surface area contributed by atoms with E-state index in [4.69, 9.17) is 10.8 Å². The van der Waals surface area contributed by atoms with Crippen LogP contribution in [0.5, 0.6) is 0 Å². The second-order valence-electron chi connectivity index (χ2n) is 1.86. The molecule has 0 heterocycles. The van der Waals surface area contributed by atoms with E-state index in [2.05, 4.69) is 4.74 Å². The summed E-state index contributed by atoms with van der Waals surface area (Å²) < 4.78 is 4.68. The van der Waals surface area contributed by atoms with E-state index < -0.39 is 6.10 Å². The average Bonchev–Trinajstić information content (AvgIpc) is 1.67. The van der Waals surface area contributed by atoms with E-state index in [9.17, 15) is 0 Å². The van der Waals surface area contributed by atoms with Crippen LogP contribution in [0.1, 0.15) is 6.92 Å². The summed E-state index contributed by atoms with van der Waals surface area (Å²) in [5.41, 5.74) is 5.35. The van der Waals surface area contributed by atoms with Crippen LogP contribution in [-0.2, 0) is 4.74 Å². The van der Waals surface area contributed by atoms with Gasteiger partial charge < -0.3 is 15.6 Å². The molecule has 0 aromatic heterocycles. The Morgan fingerprint density at radius 3 is 2.38 bits per heavy atom. The molecule has 0 fully saturated rings. The summed E-state index contributed by atoms with van der Waals surface area (Å²) in [6, 6.07) is -0.250. The molecule has 0 bridgehead atoms. The molecule has 0 saturated carbocycles. The molecule has 0 aromatic carbocycles. The zero-order valence-corrected chi connectivity index (χ0v) is 5.29. The van der Waals surface area contributed by atoms with E-state index >= 15 is 0 Å². The number of aliphatic hydroxyl groups is 1. The van der Waals surface area contributed by atoms with Crippen molar-refractivity contribution in [3.63, 3.8) is 0 Å².